The number of hydrogen-bond donors (Lipinski definition) is 2. The van der Waals surface area contributed by atoms with Crippen LogP contribution in [0.5, 0.6) is 5.75 Å². The summed E-state index contributed by atoms with van der Waals surface area (Å²) < 4.78 is 6.46. The van der Waals surface area contributed by atoms with Crippen molar-refractivity contribution in [3.63, 3.8) is 0 Å². The fourth-order valence-corrected chi connectivity index (χ4v) is 2.65. The van der Waals surface area contributed by atoms with Gasteiger partial charge >= 0.3 is 0 Å². The van der Waals surface area contributed by atoms with E-state index < -0.39 is 0 Å². The first-order chi connectivity index (χ1) is 12.0. The largest absolute Gasteiger partial charge is 0.495 e. The van der Waals surface area contributed by atoms with E-state index in [1.165, 1.54) is 0 Å². The van der Waals surface area contributed by atoms with Crippen LogP contribution in [0.3, 0.4) is 0 Å². The zero-order valence-electron chi connectivity index (χ0n) is 14.3. The summed E-state index contributed by atoms with van der Waals surface area (Å²) in [6.45, 7) is 4.07. The molecular weight excluding hydrogens is 380 g/mol. The highest BCUT2D eigenvalue weighted by Gasteiger charge is 2.06. The third kappa shape index (κ3) is 4.28. The first kappa shape index (κ1) is 17.2. The Bertz CT molecular complexity index is 898. The van der Waals surface area contributed by atoms with Crippen LogP contribution in [-0.2, 0) is 0 Å². The molecule has 0 radical (unpaired) electrons. The highest BCUT2D eigenvalue weighted by Crippen LogP contribution is 2.28. The molecule has 128 valence electrons. The Kier molecular flexibility index (Phi) is 5.19. The standard InChI is InChI=1S/C19H19BrN4O/c1-12-4-7-17(25-3)16(10-12)23-19-21-9-8-18(24-19)22-14-5-6-15(20)13(2)11-14/h4-11H,1-3H3,(H2,21,22,23,24). The number of anilines is 4. The quantitative estimate of drug-likeness (QED) is 0.606. The molecule has 0 amide bonds. The van der Waals surface area contributed by atoms with Crippen molar-refractivity contribution in [1.82, 2.24) is 9.97 Å². The first-order valence-electron chi connectivity index (χ1n) is 7.83. The maximum Gasteiger partial charge on any atom is 0.229 e. The predicted molar refractivity (Wildman–Crippen MR) is 105 cm³/mol. The summed E-state index contributed by atoms with van der Waals surface area (Å²) in [6.07, 6.45) is 1.71. The van der Waals surface area contributed by atoms with Gasteiger partial charge in [-0.2, -0.15) is 4.98 Å². The molecule has 3 aromatic rings. The summed E-state index contributed by atoms with van der Waals surface area (Å²) in [5, 5.41) is 6.51. The van der Waals surface area contributed by atoms with Crippen LogP contribution < -0.4 is 15.4 Å². The van der Waals surface area contributed by atoms with Crippen LogP contribution in [0.25, 0.3) is 0 Å². The van der Waals surface area contributed by atoms with Gasteiger partial charge < -0.3 is 15.4 Å². The number of ether oxygens (including phenoxy) is 1. The number of methoxy groups -OCH3 is 1. The van der Waals surface area contributed by atoms with Crippen molar-refractivity contribution in [2.45, 2.75) is 13.8 Å². The molecule has 0 bridgehead atoms. The molecule has 0 unspecified atom stereocenters. The van der Waals surface area contributed by atoms with E-state index in [0.29, 0.717) is 11.8 Å². The van der Waals surface area contributed by atoms with Crippen LogP contribution in [0.4, 0.5) is 23.1 Å². The second kappa shape index (κ2) is 7.53. The van der Waals surface area contributed by atoms with E-state index in [1.807, 2.05) is 50.2 Å². The Balaban J connectivity index is 1.82. The van der Waals surface area contributed by atoms with Crippen LogP contribution in [0.1, 0.15) is 11.1 Å². The number of rotatable bonds is 5. The smallest absolute Gasteiger partial charge is 0.229 e. The SMILES string of the molecule is COc1ccc(C)cc1Nc1nccc(Nc2ccc(Br)c(C)c2)n1. The Morgan fingerprint density at radius 2 is 1.84 bits per heavy atom. The van der Waals surface area contributed by atoms with E-state index in [1.54, 1.807) is 13.3 Å². The van der Waals surface area contributed by atoms with Crippen LogP contribution in [0.15, 0.2) is 53.1 Å². The van der Waals surface area contributed by atoms with Gasteiger partial charge in [0.05, 0.1) is 12.8 Å². The third-order valence-corrected chi connectivity index (χ3v) is 4.58. The predicted octanol–water partition coefficient (Wildman–Crippen LogP) is 5.35. The number of benzene rings is 2. The van der Waals surface area contributed by atoms with Crippen molar-refractivity contribution in [2.75, 3.05) is 17.7 Å². The van der Waals surface area contributed by atoms with Crippen LogP contribution in [0.2, 0.25) is 0 Å². The summed E-state index contributed by atoms with van der Waals surface area (Å²) in [7, 11) is 1.64. The Morgan fingerprint density at radius 3 is 2.60 bits per heavy atom. The fourth-order valence-electron chi connectivity index (χ4n) is 2.40. The molecule has 5 nitrogen and oxygen atoms in total. The van der Waals surface area contributed by atoms with Crippen molar-refractivity contribution in [3.8, 4) is 5.75 Å². The highest BCUT2D eigenvalue weighted by molar-refractivity contribution is 9.10. The van der Waals surface area contributed by atoms with Crippen LogP contribution in [0, 0.1) is 13.8 Å². The molecule has 0 aliphatic carbocycles. The minimum atomic E-state index is 0.503. The maximum atomic E-state index is 5.38. The van der Waals surface area contributed by atoms with E-state index in [9.17, 15) is 0 Å². The van der Waals surface area contributed by atoms with E-state index in [2.05, 4.69) is 42.6 Å². The van der Waals surface area contributed by atoms with Gasteiger partial charge in [-0.1, -0.05) is 22.0 Å². The number of nitrogens with one attached hydrogen (secondary N) is 2. The van der Waals surface area contributed by atoms with Crippen molar-refractivity contribution in [3.05, 3.63) is 64.3 Å². The van der Waals surface area contributed by atoms with Crippen molar-refractivity contribution >= 4 is 39.1 Å². The number of aryl methyl sites for hydroxylation is 2. The Labute approximate surface area is 155 Å². The van der Waals surface area contributed by atoms with Crippen LogP contribution >= 0.6 is 15.9 Å². The van der Waals surface area contributed by atoms with Gasteiger partial charge in [-0.25, -0.2) is 4.98 Å². The maximum absolute atomic E-state index is 5.38. The van der Waals surface area contributed by atoms with E-state index in [0.717, 1.165) is 32.7 Å². The lowest BCUT2D eigenvalue weighted by atomic mass is 10.2. The normalized spacial score (nSPS) is 10.4. The van der Waals surface area contributed by atoms with Crippen molar-refractivity contribution < 1.29 is 4.74 Å². The average molecular weight is 399 g/mol. The molecule has 0 fully saturated rings. The molecule has 3 rings (SSSR count). The molecule has 0 saturated heterocycles. The van der Waals surface area contributed by atoms with Crippen LogP contribution in [-0.4, -0.2) is 17.1 Å². The van der Waals surface area contributed by atoms with Gasteiger partial charge in [-0.3, -0.25) is 0 Å². The molecule has 0 aliphatic heterocycles. The minimum absolute atomic E-state index is 0.503. The van der Waals surface area contributed by atoms with Gasteiger partial charge in [0.2, 0.25) is 5.95 Å². The summed E-state index contributed by atoms with van der Waals surface area (Å²) in [4.78, 5) is 8.81. The van der Waals surface area contributed by atoms with E-state index in [4.69, 9.17) is 4.74 Å². The number of hydrogen-bond acceptors (Lipinski definition) is 5. The fraction of sp³-hybridized carbons (Fsp3) is 0.158. The third-order valence-electron chi connectivity index (χ3n) is 3.69. The molecule has 0 aliphatic rings. The molecule has 25 heavy (non-hydrogen) atoms. The second-order valence-corrected chi connectivity index (χ2v) is 6.54. The molecule has 0 spiro atoms. The minimum Gasteiger partial charge on any atom is -0.495 e. The van der Waals surface area contributed by atoms with Gasteiger partial charge in [0.15, 0.2) is 0 Å². The van der Waals surface area contributed by atoms with Crippen molar-refractivity contribution in [1.29, 1.82) is 0 Å². The first-order valence-corrected chi connectivity index (χ1v) is 8.62. The zero-order valence-corrected chi connectivity index (χ0v) is 15.9. The molecule has 1 aromatic heterocycles. The summed E-state index contributed by atoms with van der Waals surface area (Å²) in [5.41, 5.74) is 4.09. The topological polar surface area (TPSA) is 59.1 Å². The lowest BCUT2D eigenvalue weighted by Crippen LogP contribution is -2.02. The summed E-state index contributed by atoms with van der Waals surface area (Å²) in [6, 6.07) is 13.8. The number of aromatic nitrogens is 2. The molecule has 6 heteroatoms. The molecular formula is C19H19BrN4O. The van der Waals surface area contributed by atoms with Crippen molar-refractivity contribution in [2.24, 2.45) is 0 Å². The molecule has 1 heterocycles. The zero-order chi connectivity index (χ0) is 17.8. The van der Waals surface area contributed by atoms with Gasteiger partial charge in [0.25, 0.3) is 0 Å². The average Bonchev–Trinajstić information content (AvgIpc) is 2.59. The molecule has 0 saturated carbocycles. The number of halogens is 1. The Morgan fingerprint density at radius 1 is 1.00 bits per heavy atom. The summed E-state index contributed by atoms with van der Waals surface area (Å²) >= 11 is 3.51. The lowest BCUT2D eigenvalue weighted by molar-refractivity contribution is 0.416. The second-order valence-electron chi connectivity index (χ2n) is 5.68. The molecule has 2 aromatic carbocycles. The summed E-state index contributed by atoms with van der Waals surface area (Å²) in [5.74, 6) is 1.96. The van der Waals surface area contributed by atoms with Gasteiger partial charge in [-0.15, -0.1) is 0 Å². The van der Waals surface area contributed by atoms with E-state index in [-0.39, 0.29) is 0 Å². The monoisotopic (exact) mass is 398 g/mol. The van der Waals surface area contributed by atoms with E-state index >= 15 is 0 Å². The Hall–Kier alpha value is -2.60. The highest BCUT2D eigenvalue weighted by atomic mass is 79.9. The van der Waals surface area contributed by atoms with Gasteiger partial charge in [-0.05, 0) is 61.4 Å². The van der Waals surface area contributed by atoms with Gasteiger partial charge in [0.1, 0.15) is 11.6 Å². The van der Waals surface area contributed by atoms with Gasteiger partial charge in [0, 0.05) is 16.4 Å². The molecule has 2 N–H and O–H groups in total. The molecule has 0 atom stereocenters. The lowest BCUT2D eigenvalue weighted by Gasteiger charge is -2.12. The number of nitrogens with zero attached hydrogens (tertiary/aromatic N) is 2.